The number of ether oxygens (including phenoxy) is 2. The molecule has 2 heterocycles. The van der Waals surface area contributed by atoms with Crippen molar-refractivity contribution in [2.45, 2.75) is 6.54 Å². The quantitative estimate of drug-likeness (QED) is 0.663. The third-order valence-corrected chi connectivity index (χ3v) is 4.91. The van der Waals surface area contributed by atoms with E-state index in [9.17, 15) is 8.42 Å². The topological polar surface area (TPSA) is 121 Å². The van der Waals surface area contributed by atoms with Crippen LogP contribution < -0.4 is 19.3 Å². The van der Waals surface area contributed by atoms with E-state index in [0.29, 0.717) is 26.9 Å². The lowest BCUT2D eigenvalue weighted by Gasteiger charge is -2.05. The molecule has 0 unspecified atom stereocenters. The monoisotopic (exact) mass is 369 g/mol. The fourth-order valence-corrected chi connectivity index (χ4v) is 3.50. The summed E-state index contributed by atoms with van der Waals surface area (Å²) in [6, 6.07) is 7.16. The Morgan fingerprint density at radius 3 is 2.75 bits per heavy atom. The highest BCUT2D eigenvalue weighted by Crippen LogP contribution is 2.33. The molecular formula is C13H15N5O4S2. The molecule has 0 aliphatic carbocycles. The van der Waals surface area contributed by atoms with Gasteiger partial charge in [0, 0.05) is 23.6 Å². The smallest absolute Gasteiger partial charge is 0.274 e. The van der Waals surface area contributed by atoms with Gasteiger partial charge in [-0.15, -0.1) is 16.4 Å². The molecule has 3 N–H and O–H groups in total. The Hall–Kier alpha value is -2.21. The minimum Gasteiger partial charge on any atom is -0.497 e. The van der Waals surface area contributed by atoms with Crippen molar-refractivity contribution < 1.29 is 17.9 Å². The maximum atomic E-state index is 11.2. The van der Waals surface area contributed by atoms with Crippen LogP contribution in [-0.2, 0) is 16.8 Å². The zero-order valence-electron chi connectivity index (χ0n) is 12.9. The Kier molecular flexibility index (Phi) is 4.41. The third kappa shape index (κ3) is 3.33. The van der Waals surface area contributed by atoms with Crippen LogP contribution in [0.15, 0.2) is 24.3 Å². The van der Waals surface area contributed by atoms with E-state index in [0.717, 1.165) is 5.52 Å². The SMILES string of the molecule is COc1ccc2c(c1)nnn2-c1cc(OC)sc1CNS(N)(=O)=O. The number of nitrogens with two attached hydrogens (primary N) is 1. The highest BCUT2D eigenvalue weighted by Gasteiger charge is 2.17. The third-order valence-electron chi connectivity index (χ3n) is 3.28. The van der Waals surface area contributed by atoms with E-state index in [2.05, 4.69) is 15.0 Å². The van der Waals surface area contributed by atoms with Gasteiger partial charge in [0.1, 0.15) is 11.3 Å². The first kappa shape index (κ1) is 16.6. The van der Waals surface area contributed by atoms with Gasteiger partial charge in [-0.1, -0.05) is 5.21 Å². The van der Waals surface area contributed by atoms with Crippen LogP contribution >= 0.6 is 11.3 Å². The molecule has 0 atom stereocenters. The van der Waals surface area contributed by atoms with Gasteiger partial charge in [-0.2, -0.15) is 13.1 Å². The number of nitrogens with one attached hydrogen (secondary N) is 1. The molecule has 3 aromatic rings. The molecule has 0 aliphatic heterocycles. The van der Waals surface area contributed by atoms with Gasteiger partial charge in [0.05, 0.1) is 25.4 Å². The fourth-order valence-electron chi connectivity index (χ4n) is 2.18. The van der Waals surface area contributed by atoms with Crippen molar-refractivity contribution in [1.82, 2.24) is 19.7 Å². The Bertz CT molecular complexity index is 980. The molecule has 128 valence electrons. The van der Waals surface area contributed by atoms with Gasteiger partial charge in [0.15, 0.2) is 5.06 Å². The van der Waals surface area contributed by atoms with E-state index in [1.54, 1.807) is 30.0 Å². The van der Waals surface area contributed by atoms with E-state index in [4.69, 9.17) is 14.6 Å². The molecule has 0 amide bonds. The highest BCUT2D eigenvalue weighted by molar-refractivity contribution is 7.87. The molecule has 0 spiro atoms. The lowest BCUT2D eigenvalue weighted by atomic mass is 10.3. The van der Waals surface area contributed by atoms with Crippen molar-refractivity contribution in [1.29, 1.82) is 0 Å². The Morgan fingerprint density at radius 1 is 1.29 bits per heavy atom. The van der Waals surface area contributed by atoms with Gasteiger partial charge in [-0.05, 0) is 12.1 Å². The zero-order chi connectivity index (χ0) is 17.3. The van der Waals surface area contributed by atoms with Crippen molar-refractivity contribution in [3.05, 3.63) is 29.1 Å². The predicted molar refractivity (Wildman–Crippen MR) is 89.8 cm³/mol. The van der Waals surface area contributed by atoms with E-state index in [-0.39, 0.29) is 6.54 Å². The van der Waals surface area contributed by atoms with Gasteiger partial charge in [0.25, 0.3) is 10.2 Å². The molecule has 0 fully saturated rings. The van der Waals surface area contributed by atoms with Crippen LogP contribution in [-0.4, -0.2) is 37.6 Å². The second kappa shape index (κ2) is 6.36. The first-order valence-electron chi connectivity index (χ1n) is 6.75. The van der Waals surface area contributed by atoms with Crippen LogP contribution in [0.1, 0.15) is 4.88 Å². The molecule has 0 aliphatic rings. The summed E-state index contributed by atoms with van der Waals surface area (Å²) in [7, 11) is -0.689. The molecule has 9 nitrogen and oxygen atoms in total. The molecule has 0 radical (unpaired) electrons. The van der Waals surface area contributed by atoms with Crippen LogP contribution in [0.3, 0.4) is 0 Å². The summed E-state index contributed by atoms with van der Waals surface area (Å²) >= 11 is 1.30. The highest BCUT2D eigenvalue weighted by atomic mass is 32.2. The number of rotatable bonds is 6. The summed E-state index contributed by atoms with van der Waals surface area (Å²) in [4.78, 5) is 0.698. The molecule has 0 saturated carbocycles. The summed E-state index contributed by atoms with van der Waals surface area (Å²) in [5.74, 6) is 0.675. The second-order valence-electron chi connectivity index (χ2n) is 4.80. The lowest BCUT2D eigenvalue weighted by molar-refractivity contribution is 0.415. The number of thiophene rings is 1. The van der Waals surface area contributed by atoms with Gasteiger partial charge < -0.3 is 9.47 Å². The first-order chi connectivity index (χ1) is 11.4. The van der Waals surface area contributed by atoms with Gasteiger partial charge in [-0.25, -0.2) is 9.82 Å². The van der Waals surface area contributed by atoms with Crippen LogP contribution in [0.2, 0.25) is 0 Å². The molecular weight excluding hydrogens is 354 g/mol. The summed E-state index contributed by atoms with van der Waals surface area (Å²) < 4.78 is 36.6. The zero-order valence-corrected chi connectivity index (χ0v) is 14.5. The Balaban J connectivity index is 2.06. The maximum absolute atomic E-state index is 11.2. The summed E-state index contributed by atoms with van der Waals surface area (Å²) in [5.41, 5.74) is 2.08. The predicted octanol–water partition coefficient (Wildman–Crippen LogP) is 0.792. The van der Waals surface area contributed by atoms with Crippen LogP contribution in [0.4, 0.5) is 0 Å². The molecule has 3 rings (SSSR count). The molecule has 1 aromatic carbocycles. The minimum atomic E-state index is -3.80. The van der Waals surface area contributed by atoms with Crippen molar-refractivity contribution >= 4 is 32.6 Å². The number of hydrogen-bond donors (Lipinski definition) is 2. The van der Waals surface area contributed by atoms with Crippen molar-refractivity contribution in [3.63, 3.8) is 0 Å². The largest absolute Gasteiger partial charge is 0.497 e. The molecule has 0 bridgehead atoms. The fraction of sp³-hybridized carbons (Fsp3) is 0.231. The van der Waals surface area contributed by atoms with E-state index < -0.39 is 10.2 Å². The number of hydrogen-bond acceptors (Lipinski definition) is 7. The molecule has 2 aromatic heterocycles. The molecule has 0 saturated heterocycles. The number of aromatic nitrogens is 3. The Labute approximate surface area is 142 Å². The second-order valence-corrected chi connectivity index (χ2v) is 7.28. The summed E-state index contributed by atoms with van der Waals surface area (Å²) in [6.07, 6.45) is 0. The number of fused-ring (bicyclic) bond motifs is 1. The van der Waals surface area contributed by atoms with Crippen LogP contribution in [0.5, 0.6) is 10.8 Å². The average molecular weight is 369 g/mol. The molecule has 11 heteroatoms. The van der Waals surface area contributed by atoms with Crippen LogP contribution in [0.25, 0.3) is 16.7 Å². The van der Waals surface area contributed by atoms with Crippen LogP contribution in [0, 0.1) is 0 Å². The summed E-state index contributed by atoms with van der Waals surface area (Å²) in [5, 5.41) is 13.9. The minimum absolute atomic E-state index is 0.0275. The average Bonchev–Trinajstić information content (AvgIpc) is 3.14. The Morgan fingerprint density at radius 2 is 2.08 bits per heavy atom. The number of benzene rings is 1. The van der Waals surface area contributed by atoms with E-state index >= 15 is 0 Å². The number of nitrogens with zero attached hydrogens (tertiary/aromatic N) is 3. The van der Waals surface area contributed by atoms with Crippen molar-refractivity contribution in [3.8, 4) is 16.5 Å². The first-order valence-corrected chi connectivity index (χ1v) is 9.11. The summed E-state index contributed by atoms with van der Waals surface area (Å²) in [6.45, 7) is 0.0275. The maximum Gasteiger partial charge on any atom is 0.274 e. The van der Waals surface area contributed by atoms with Gasteiger partial charge in [-0.3, -0.25) is 0 Å². The number of methoxy groups -OCH3 is 2. The standard InChI is InChI=1S/C13H15N5O4S2/c1-21-8-3-4-10-9(5-8)16-17-18(10)11-6-13(22-2)23-12(11)7-15-24(14,19)20/h3-6,15H,7H2,1-2H3,(H2,14,19,20). The van der Waals surface area contributed by atoms with E-state index in [1.807, 2.05) is 6.07 Å². The van der Waals surface area contributed by atoms with Gasteiger partial charge in [0.2, 0.25) is 0 Å². The lowest BCUT2D eigenvalue weighted by Crippen LogP contribution is -2.30. The van der Waals surface area contributed by atoms with Crippen molar-refractivity contribution in [2.24, 2.45) is 5.14 Å². The van der Waals surface area contributed by atoms with E-state index in [1.165, 1.54) is 18.4 Å². The van der Waals surface area contributed by atoms with Gasteiger partial charge >= 0.3 is 0 Å². The normalized spacial score (nSPS) is 11.8. The van der Waals surface area contributed by atoms with Crippen molar-refractivity contribution in [2.75, 3.05) is 14.2 Å². The molecule has 24 heavy (non-hydrogen) atoms.